The van der Waals surface area contributed by atoms with E-state index >= 15 is 8.78 Å². The van der Waals surface area contributed by atoms with Crippen molar-refractivity contribution in [3.05, 3.63) is 169 Å². The average Bonchev–Trinajstić information content (AvgIpc) is 3.00. The van der Waals surface area contributed by atoms with Crippen molar-refractivity contribution in [3.8, 4) is 22.3 Å². The van der Waals surface area contributed by atoms with Gasteiger partial charge < -0.3 is 0 Å². The predicted molar refractivity (Wildman–Crippen MR) is 161 cm³/mol. The van der Waals surface area contributed by atoms with Crippen LogP contribution in [0.1, 0.15) is 0 Å². The largest absolute Gasteiger partial charge is 0.207 e. The first-order chi connectivity index (χ1) is 20.0. The predicted octanol–water partition coefficient (Wildman–Crippen LogP) is 6.95. The summed E-state index contributed by atoms with van der Waals surface area (Å²) in [5.41, 5.74) is 2.20. The molecule has 0 fully saturated rings. The highest BCUT2D eigenvalue weighted by Gasteiger charge is 2.45. The second-order valence-electron chi connectivity index (χ2n) is 9.82. The van der Waals surface area contributed by atoms with Crippen molar-refractivity contribution in [2.45, 2.75) is 0 Å². The summed E-state index contributed by atoms with van der Waals surface area (Å²) < 4.78 is 61.0. The molecule has 0 saturated heterocycles. The molecular weight excluding hydrogens is 536 g/mol. The molecule has 0 aliphatic carbocycles. The molecule has 0 heterocycles. The van der Waals surface area contributed by atoms with Crippen molar-refractivity contribution >= 4 is 28.8 Å². The summed E-state index contributed by atoms with van der Waals surface area (Å²) in [6, 6.07) is 40.5. The minimum atomic E-state index is -3.60. The van der Waals surface area contributed by atoms with Crippen LogP contribution in [0, 0.1) is 23.3 Å². The van der Waals surface area contributed by atoms with Gasteiger partial charge in [0.2, 0.25) is 0 Å². The van der Waals surface area contributed by atoms with Crippen LogP contribution in [0.4, 0.5) is 17.6 Å². The van der Waals surface area contributed by atoms with E-state index < -0.39 is 19.7 Å². The Labute approximate surface area is 237 Å². The van der Waals surface area contributed by atoms with Crippen LogP contribution in [0.25, 0.3) is 22.3 Å². The quantitative estimate of drug-likeness (QED) is 0.117. The summed E-state index contributed by atoms with van der Waals surface area (Å²) in [6.45, 7) is 0. The molecule has 200 valence electrons. The standard InChI is InChI=1S/C36H24F4Si/c37-31-11-3-1-9-29(31)25-17-21-27(22-18-25)41(35-15-7-5-13-33(35)39,36-16-8-6-14-34(36)40)28-23-19-26(20-24-28)30-10-2-4-12-32(30)38/h1-24H. The van der Waals surface area contributed by atoms with Gasteiger partial charge in [-0.3, -0.25) is 0 Å². The second kappa shape index (κ2) is 11.0. The van der Waals surface area contributed by atoms with Crippen LogP contribution in [-0.2, 0) is 0 Å². The molecule has 6 aromatic carbocycles. The molecule has 0 aromatic heterocycles. The van der Waals surface area contributed by atoms with Crippen molar-refractivity contribution < 1.29 is 17.6 Å². The van der Waals surface area contributed by atoms with Gasteiger partial charge in [-0.2, -0.15) is 0 Å². The summed E-state index contributed by atoms with van der Waals surface area (Å²) in [4.78, 5) is 0. The van der Waals surface area contributed by atoms with Gasteiger partial charge in [0, 0.05) is 11.1 Å². The molecule has 5 heteroatoms. The molecule has 0 atom stereocenters. The maximum Gasteiger partial charge on any atom is 0.186 e. The van der Waals surface area contributed by atoms with Gasteiger partial charge in [-0.15, -0.1) is 0 Å². The molecule has 0 aliphatic rings. The smallest absolute Gasteiger partial charge is 0.186 e. The number of benzene rings is 6. The fourth-order valence-electron chi connectivity index (χ4n) is 5.65. The van der Waals surface area contributed by atoms with E-state index in [0.29, 0.717) is 32.6 Å². The van der Waals surface area contributed by atoms with Crippen molar-refractivity contribution in [3.63, 3.8) is 0 Å². The summed E-state index contributed by atoms with van der Waals surface area (Å²) in [7, 11) is -3.60. The van der Waals surface area contributed by atoms with Gasteiger partial charge in [0.15, 0.2) is 8.07 Å². The molecule has 0 unspecified atom stereocenters. The molecule has 0 N–H and O–H groups in total. The minimum absolute atomic E-state index is 0.351. The van der Waals surface area contributed by atoms with E-state index in [0.717, 1.165) is 10.4 Å². The highest BCUT2D eigenvalue weighted by atomic mass is 28.3. The van der Waals surface area contributed by atoms with Gasteiger partial charge in [0.05, 0.1) is 0 Å². The Morgan fingerprint density at radius 3 is 0.976 bits per heavy atom. The number of hydrogen-bond acceptors (Lipinski definition) is 0. The molecule has 6 aromatic rings. The van der Waals surface area contributed by atoms with Crippen molar-refractivity contribution in [2.75, 3.05) is 0 Å². The van der Waals surface area contributed by atoms with Crippen LogP contribution in [0.15, 0.2) is 146 Å². The maximum atomic E-state index is 15.9. The lowest BCUT2D eigenvalue weighted by molar-refractivity contribution is 0.631. The van der Waals surface area contributed by atoms with Crippen LogP contribution in [0.5, 0.6) is 0 Å². The zero-order valence-corrected chi connectivity index (χ0v) is 22.9. The first-order valence-corrected chi connectivity index (χ1v) is 15.2. The molecule has 0 saturated carbocycles. The van der Waals surface area contributed by atoms with Crippen LogP contribution in [0.3, 0.4) is 0 Å². The lowest BCUT2D eigenvalue weighted by Gasteiger charge is -2.35. The van der Waals surface area contributed by atoms with Crippen LogP contribution in [-0.4, -0.2) is 8.07 Å². The number of rotatable bonds is 6. The first kappa shape index (κ1) is 26.5. The highest BCUT2D eigenvalue weighted by Crippen LogP contribution is 2.25. The topological polar surface area (TPSA) is 0 Å². The lowest BCUT2D eigenvalue weighted by atomic mass is 10.1. The third-order valence-electron chi connectivity index (χ3n) is 7.56. The highest BCUT2D eigenvalue weighted by molar-refractivity contribution is 7.20. The monoisotopic (exact) mass is 560 g/mol. The molecular formula is C36H24F4Si. The Hall–Kier alpha value is -4.74. The molecule has 0 amide bonds. The number of halogens is 4. The lowest BCUT2D eigenvalue weighted by Crippen LogP contribution is -2.76. The molecule has 0 bridgehead atoms. The van der Waals surface area contributed by atoms with Gasteiger partial charge in [-0.05, 0) is 56.1 Å². The first-order valence-electron chi connectivity index (χ1n) is 13.2. The van der Waals surface area contributed by atoms with Crippen molar-refractivity contribution in [1.82, 2.24) is 0 Å². The van der Waals surface area contributed by atoms with E-state index in [9.17, 15) is 8.78 Å². The SMILES string of the molecule is Fc1ccccc1-c1ccc([Si](c2ccc(-c3ccccc3F)cc2)(c2ccccc2F)c2ccccc2F)cc1. The van der Waals surface area contributed by atoms with Gasteiger partial charge in [-0.1, -0.05) is 121 Å². The Balaban J connectivity index is 1.63. The molecule has 0 radical (unpaired) electrons. The zero-order chi connectivity index (χ0) is 28.4. The Bertz CT molecular complexity index is 1690. The van der Waals surface area contributed by atoms with E-state index in [1.165, 1.54) is 24.3 Å². The van der Waals surface area contributed by atoms with Gasteiger partial charge >= 0.3 is 0 Å². The zero-order valence-electron chi connectivity index (χ0n) is 21.9. The van der Waals surface area contributed by atoms with Crippen LogP contribution in [0.2, 0.25) is 0 Å². The van der Waals surface area contributed by atoms with Crippen LogP contribution < -0.4 is 20.7 Å². The Morgan fingerprint density at radius 2 is 0.634 bits per heavy atom. The summed E-state index contributed by atoms with van der Waals surface area (Å²) in [6.07, 6.45) is 0. The maximum absolute atomic E-state index is 15.9. The number of hydrogen-bond donors (Lipinski definition) is 0. The Morgan fingerprint density at radius 1 is 0.317 bits per heavy atom. The van der Waals surface area contributed by atoms with Crippen LogP contribution >= 0.6 is 0 Å². The normalized spacial score (nSPS) is 11.4. The molecule has 6 rings (SSSR count). The molecule has 0 nitrogen and oxygen atoms in total. The van der Waals surface area contributed by atoms with Gasteiger partial charge in [0.25, 0.3) is 0 Å². The third-order valence-corrected chi connectivity index (χ3v) is 12.4. The van der Waals surface area contributed by atoms with Gasteiger partial charge in [0.1, 0.15) is 23.3 Å². The fraction of sp³-hybridized carbons (Fsp3) is 0. The molecule has 41 heavy (non-hydrogen) atoms. The van der Waals surface area contributed by atoms with E-state index in [-0.39, 0.29) is 11.6 Å². The van der Waals surface area contributed by atoms with E-state index in [2.05, 4.69) is 0 Å². The van der Waals surface area contributed by atoms with Crippen molar-refractivity contribution in [1.29, 1.82) is 0 Å². The Kier molecular flexibility index (Phi) is 7.12. The van der Waals surface area contributed by atoms with Crippen molar-refractivity contribution in [2.24, 2.45) is 0 Å². The minimum Gasteiger partial charge on any atom is -0.207 e. The van der Waals surface area contributed by atoms with E-state index in [1.807, 2.05) is 24.3 Å². The summed E-state index contributed by atoms with van der Waals surface area (Å²) >= 11 is 0. The third kappa shape index (κ3) is 4.68. The summed E-state index contributed by atoms with van der Waals surface area (Å²) in [5.74, 6) is -1.59. The van der Waals surface area contributed by atoms with E-state index in [1.54, 1.807) is 97.1 Å². The second-order valence-corrected chi connectivity index (χ2v) is 13.6. The summed E-state index contributed by atoms with van der Waals surface area (Å²) in [5, 5.41) is 2.24. The fourth-order valence-corrected chi connectivity index (χ4v) is 10.4. The molecule has 0 aliphatic heterocycles. The molecule has 0 spiro atoms. The van der Waals surface area contributed by atoms with E-state index in [4.69, 9.17) is 0 Å². The average molecular weight is 561 g/mol. The van der Waals surface area contributed by atoms with Gasteiger partial charge in [-0.25, -0.2) is 17.6 Å².